The average molecular weight is 203 g/mol. The molecular formula is C9H17NO4. The van der Waals surface area contributed by atoms with Gasteiger partial charge in [0.15, 0.2) is 5.79 Å². The number of amides is 1. The molecule has 0 radical (unpaired) electrons. The SMILES string of the molecule is COCCC(=O)NCC1(C)OCCO1. The van der Waals surface area contributed by atoms with Crippen molar-refractivity contribution in [2.24, 2.45) is 0 Å². The zero-order chi connectivity index (χ0) is 10.4. The Bertz CT molecular complexity index is 189. The van der Waals surface area contributed by atoms with Gasteiger partial charge in [0.1, 0.15) is 0 Å². The van der Waals surface area contributed by atoms with Crippen molar-refractivity contribution >= 4 is 5.91 Å². The molecule has 0 aromatic carbocycles. The van der Waals surface area contributed by atoms with Gasteiger partial charge in [0.25, 0.3) is 0 Å². The molecule has 1 fully saturated rings. The summed E-state index contributed by atoms with van der Waals surface area (Å²) < 4.78 is 15.4. The van der Waals surface area contributed by atoms with Crippen molar-refractivity contribution in [1.29, 1.82) is 0 Å². The van der Waals surface area contributed by atoms with Gasteiger partial charge < -0.3 is 19.5 Å². The molecule has 1 N–H and O–H groups in total. The van der Waals surface area contributed by atoms with E-state index in [1.165, 1.54) is 0 Å². The van der Waals surface area contributed by atoms with E-state index in [0.717, 1.165) is 0 Å². The summed E-state index contributed by atoms with van der Waals surface area (Å²) in [5, 5.41) is 2.73. The van der Waals surface area contributed by atoms with Crippen LogP contribution in [0, 0.1) is 0 Å². The van der Waals surface area contributed by atoms with Crippen LogP contribution in [0.2, 0.25) is 0 Å². The summed E-state index contributed by atoms with van der Waals surface area (Å²) in [7, 11) is 1.57. The minimum atomic E-state index is -0.650. The largest absolute Gasteiger partial charge is 0.384 e. The van der Waals surface area contributed by atoms with Crippen LogP contribution in [-0.2, 0) is 19.0 Å². The maximum Gasteiger partial charge on any atom is 0.222 e. The minimum absolute atomic E-state index is 0.0489. The zero-order valence-electron chi connectivity index (χ0n) is 8.67. The average Bonchev–Trinajstić information content (AvgIpc) is 2.60. The molecule has 1 saturated heterocycles. The van der Waals surface area contributed by atoms with E-state index < -0.39 is 5.79 Å². The van der Waals surface area contributed by atoms with Gasteiger partial charge in [-0.05, 0) is 6.92 Å². The van der Waals surface area contributed by atoms with E-state index >= 15 is 0 Å². The summed E-state index contributed by atoms with van der Waals surface area (Å²) in [4.78, 5) is 11.2. The van der Waals surface area contributed by atoms with E-state index in [2.05, 4.69) is 5.32 Å². The van der Waals surface area contributed by atoms with Crippen molar-refractivity contribution in [3.8, 4) is 0 Å². The Morgan fingerprint density at radius 1 is 1.50 bits per heavy atom. The molecule has 0 aromatic heterocycles. The number of rotatable bonds is 5. The van der Waals surface area contributed by atoms with Gasteiger partial charge in [0, 0.05) is 13.5 Å². The number of carbonyl (C=O) groups is 1. The molecule has 0 bridgehead atoms. The maximum atomic E-state index is 11.2. The number of nitrogens with one attached hydrogen (secondary N) is 1. The molecule has 0 aromatic rings. The van der Waals surface area contributed by atoms with Crippen molar-refractivity contribution in [3.05, 3.63) is 0 Å². The van der Waals surface area contributed by atoms with Gasteiger partial charge in [0.05, 0.1) is 26.4 Å². The first-order chi connectivity index (χ1) is 6.66. The summed E-state index contributed by atoms with van der Waals surface area (Å²) in [5.41, 5.74) is 0. The molecule has 5 heteroatoms. The van der Waals surface area contributed by atoms with Gasteiger partial charge in [-0.25, -0.2) is 0 Å². The second kappa shape index (κ2) is 5.29. The lowest BCUT2D eigenvalue weighted by molar-refractivity contribution is -0.145. The Morgan fingerprint density at radius 2 is 2.14 bits per heavy atom. The van der Waals surface area contributed by atoms with Crippen LogP contribution < -0.4 is 5.32 Å². The van der Waals surface area contributed by atoms with Crippen molar-refractivity contribution < 1.29 is 19.0 Å². The van der Waals surface area contributed by atoms with Crippen LogP contribution in [0.15, 0.2) is 0 Å². The van der Waals surface area contributed by atoms with Crippen LogP contribution in [-0.4, -0.2) is 45.2 Å². The van der Waals surface area contributed by atoms with Gasteiger partial charge in [-0.1, -0.05) is 0 Å². The summed E-state index contributed by atoms with van der Waals surface area (Å²) in [5.74, 6) is -0.699. The maximum absolute atomic E-state index is 11.2. The number of hydrogen-bond acceptors (Lipinski definition) is 4. The molecular weight excluding hydrogens is 186 g/mol. The highest BCUT2D eigenvalue weighted by Crippen LogP contribution is 2.16. The second-order valence-corrected chi connectivity index (χ2v) is 3.35. The molecule has 5 nitrogen and oxygen atoms in total. The molecule has 0 aliphatic carbocycles. The summed E-state index contributed by atoms with van der Waals surface area (Å²) in [6.45, 7) is 3.81. The van der Waals surface area contributed by atoms with Crippen LogP contribution in [0.4, 0.5) is 0 Å². The highest BCUT2D eigenvalue weighted by Gasteiger charge is 2.30. The molecule has 1 aliphatic heterocycles. The van der Waals surface area contributed by atoms with E-state index in [0.29, 0.717) is 32.8 Å². The Hall–Kier alpha value is -0.650. The topological polar surface area (TPSA) is 56.8 Å². The Labute approximate surface area is 83.7 Å². The quantitative estimate of drug-likeness (QED) is 0.678. The predicted octanol–water partition coefficient (Wildman–Crippen LogP) is -0.0979. The number of methoxy groups -OCH3 is 1. The highest BCUT2D eigenvalue weighted by molar-refractivity contribution is 5.75. The van der Waals surface area contributed by atoms with Gasteiger partial charge in [-0.2, -0.15) is 0 Å². The molecule has 0 unspecified atom stereocenters. The van der Waals surface area contributed by atoms with E-state index in [-0.39, 0.29) is 5.91 Å². The first-order valence-corrected chi connectivity index (χ1v) is 4.70. The predicted molar refractivity (Wildman–Crippen MR) is 49.8 cm³/mol. The normalized spacial score (nSPS) is 19.6. The fraction of sp³-hybridized carbons (Fsp3) is 0.889. The number of carbonyl (C=O) groups excluding carboxylic acids is 1. The molecule has 1 rings (SSSR count). The summed E-state index contributed by atoms with van der Waals surface area (Å²) >= 11 is 0. The molecule has 0 saturated carbocycles. The molecule has 82 valence electrons. The second-order valence-electron chi connectivity index (χ2n) is 3.35. The lowest BCUT2D eigenvalue weighted by atomic mass is 10.3. The zero-order valence-corrected chi connectivity index (χ0v) is 8.67. The smallest absolute Gasteiger partial charge is 0.222 e. The Balaban J connectivity index is 2.15. The summed E-state index contributed by atoms with van der Waals surface area (Å²) in [6, 6.07) is 0. The fourth-order valence-electron chi connectivity index (χ4n) is 1.20. The Morgan fingerprint density at radius 3 is 2.71 bits per heavy atom. The van der Waals surface area contributed by atoms with Gasteiger partial charge in [0.2, 0.25) is 5.91 Å². The van der Waals surface area contributed by atoms with Crippen molar-refractivity contribution in [2.75, 3.05) is 33.5 Å². The van der Waals surface area contributed by atoms with Crippen LogP contribution in [0.5, 0.6) is 0 Å². The molecule has 1 aliphatic rings. The van der Waals surface area contributed by atoms with Crippen LogP contribution in [0.25, 0.3) is 0 Å². The number of hydrogen-bond donors (Lipinski definition) is 1. The van der Waals surface area contributed by atoms with E-state index in [1.807, 2.05) is 6.92 Å². The van der Waals surface area contributed by atoms with Gasteiger partial charge >= 0.3 is 0 Å². The first-order valence-electron chi connectivity index (χ1n) is 4.70. The summed E-state index contributed by atoms with van der Waals surface area (Å²) in [6.07, 6.45) is 0.368. The fourth-order valence-corrected chi connectivity index (χ4v) is 1.20. The van der Waals surface area contributed by atoms with E-state index in [9.17, 15) is 4.79 Å². The molecule has 1 amide bonds. The highest BCUT2D eigenvalue weighted by atomic mass is 16.7. The molecule has 0 spiro atoms. The van der Waals surface area contributed by atoms with Crippen LogP contribution >= 0.6 is 0 Å². The van der Waals surface area contributed by atoms with Crippen molar-refractivity contribution in [3.63, 3.8) is 0 Å². The number of ether oxygens (including phenoxy) is 3. The third-order valence-electron chi connectivity index (χ3n) is 2.04. The lowest BCUT2D eigenvalue weighted by Crippen LogP contribution is -2.41. The minimum Gasteiger partial charge on any atom is -0.384 e. The molecule has 14 heavy (non-hydrogen) atoms. The molecule has 1 heterocycles. The van der Waals surface area contributed by atoms with E-state index in [1.54, 1.807) is 7.11 Å². The lowest BCUT2D eigenvalue weighted by Gasteiger charge is -2.22. The van der Waals surface area contributed by atoms with E-state index in [4.69, 9.17) is 14.2 Å². The standard InChI is InChI=1S/C9H17NO4/c1-9(13-5-6-14-9)7-10-8(11)3-4-12-2/h3-7H2,1-2H3,(H,10,11). The van der Waals surface area contributed by atoms with Gasteiger partial charge in [-0.3, -0.25) is 4.79 Å². The first kappa shape index (κ1) is 11.4. The van der Waals surface area contributed by atoms with Crippen LogP contribution in [0.1, 0.15) is 13.3 Å². The van der Waals surface area contributed by atoms with Crippen molar-refractivity contribution in [2.45, 2.75) is 19.1 Å². The van der Waals surface area contributed by atoms with Gasteiger partial charge in [-0.15, -0.1) is 0 Å². The van der Waals surface area contributed by atoms with Crippen molar-refractivity contribution in [1.82, 2.24) is 5.32 Å². The molecule has 0 atom stereocenters. The third-order valence-corrected chi connectivity index (χ3v) is 2.04. The van der Waals surface area contributed by atoms with Crippen LogP contribution in [0.3, 0.4) is 0 Å². The Kier molecular flexibility index (Phi) is 4.31. The monoisotopic (exact) mass is 203 g/mol. The third kappa shape index (κ3) is 3.61.